The van der Waals surface area contributed by atoms with Gasteiger partial charge in [-0.1, -0.05) is 24.3 Å². The van der Waals surface area contributed by atoms with Gasteiger partial charge in [0.25, 0.3) is 0 Å². The summed E-state index contributed by atoms with van der Waals surface area (Å²) < 4.78 is 15.7. The first-order valence-electron chi connectivity index (χ1n) is 6.16. The van der Waals surface area contributed by atoms with Gasteiger partial charge in [0.15, 0.2) is 5.82 Å². The topological polar surface area (TPSA) is 43.8 Å². The molecule has 0 amide bonds. The molecule has 19 heavy (non-hydrogen) atoms. The quantitative estimate of drug-likeness (QED) is 0.764. The third kappa shape index (κ3) is 1.90. The van der Waals surface area contributed by atoms with E-state index in [2.05, 4.69) is 4.98 Å². The Labute approximate surface area is 110 Å². The Morgan fingerprint density at radius 2 is 1.84 bits per heavy atom. The first-order valence-corrected chi connectivity index (χ1v) is 6.16. The second-order valence-corrected chi connectivity index (χ2v) is 4.54. The number of benzene rings is 2. The van der Waals surface area contributed by atoms with Crippen molar-refractivity contribution in [2.24, 2.45) is 5.73 Å². The highest BCUT2D eigenvalue weighted by Crippen LogP contribution is 2.25. The SMILES string of the molecule is C[C@@H](N)c1nc2c(F)cccc2n1-c1ccccc1. The van der Waals surface area contributed by atoms with Gasteiger partial charge in [0.2, 0.25) is 0 Å². The summed E-state index contributed by atoms with van der Waals surface area (Å²) in [4.78, 5) is 4.35. The molecule has 2 aromatic carbocycles. The highest BCUT2D eigenvalue weighted by atomic mass is 19.1. The number of halogens is 1. The molecule has 0 aliphatic carbocycles. The zero-order chi connectivity index (χ0) is 13.4. The summed E-state index contributed by atoms with van der Waals surface area (Å²) in [6.07, 6.45) is 0. The number of fused-ring (bicyclic) bond motifs is 1. The van der Waals surface area contributed by atoms with Crippen LogP contribution in [0.5, 0.6) is 0 Å². The van der Waals surface area contributed by atoms with Crippen LogP contribution in [0.2, 0.25) is 0 Å². The zero-order valence-corrected chi connectivity index (χ0v) is 10.5. The number of aromatic nitrogens is 2. The lowest BCUT2D eigenvalue weighted by atomic mass is 10.2. The Kier molecular flexibility index (Phi) is 2.80. The van der Waals surface area contributed by atoms with Gasteiger partial charge >= 0.3 is 0 Å². The fraction of sp³-hybridized carbons (Fsp3) is 0.133. The van der Waals surface area contributed by atoms with Gasteiger partial charge in [-0.3, -0.25) is 4.57 Å². The van der Waals surface area contributed by atoms with E-state index in [-0.39, 0.29) is 11.9 Å². The Morgan fingerprint density at radius 1 is 1.11 bits per heavy atom. The number of imidazole rings is 1. The van der Waals surface area contributed by atoms with Crippen LogP contribution in [0.25, 0.3) is 16.7 Å². The number of para-hydroxylation sites is 2. The van der Waals surface area contributed by atoms with Gasteiger partial charge < -0.3 is 5.73 Å². The standard InChI is InChI=1S/C15H14FN3/c1-10(17)15-18-14-12(16)8-5-9-13(14)19(15)11-6-3-2-4-7-11/h2-10H,17H2,1H3/t10-/m1/s1. The van der Waals surface area contributed by atoms with Gasteiger partial charge in [0.1, 0.15) is 11.3 Å². The fourth-order valence-electron chi connectivity index (χ4n) is 2.24. The van der Waals surface area contributed by atoms with Crippen molar-refractivity contribution in [2.45, 2.75) is 13.0 Å². The van der Waals surface area contributed by atoms with E-state index < -0.39 is 0 Å². The molecule has 0 saturated carbocycles. The molecule has 0 unspecified atom stereocenters. The van der Waals surface area contributed by atoms with Gasteiger partial charge in [-0.25, -0.2) is 9.37 Å². The maximum absolute atomic E-state index is 13.8. The minimum atomic E-state index is -0.325. The molecule has 3 rings (SSSR count). The normalized spacial score (nSPS) is 12.8. The van der Waals surface area contributed by atoms with Crippen molar-refractivity contribution in [1.29, 1.82) is 0 Å². The summed E-state index contributed by atoms with van der Waals surface area (Å²) in [6.45, 7) is 1.85. The lowest BCUT2D eigenvalue weighted by molar-refractivity contribution is 0.636. The van der Waals surface area contributed by atoms with Gasteiger partial charge in [-0.05, 0) is 31.2 Å². The molecule has 1 atom stereocenters. The zero-order valence-electron chi connectivity index (χ0n) is 10.5. The molecule has 1 heterocycles. The molecular formula is C15H14FN3. The van der Waals surface area contributed by atoms with E-state index in [0.717, 1.165) is 11.2 Å². The van der Waals surface area contributed by atoms with Crippen LogP contribution in [-0.2, 0) is 0 Å². The maximum atomic E-state index is 13.8. The molecule has 0 bridgehead atoms. The molecule has 0 aliphatic heterocycles. The molecule has 0 radical (unpaired) electrons. The predicted octanol–water partition coefficient (Wildman–Crippen LogP) is 3.18. The van der Waals surface area contributed by atoms with E-state index in [0.29, 0.717) is 11.3 Å². The molecule has 0 aliphatic rings. The molecule has 3 aromatic rings. The average molecular weight is 255 g/mol. The fourth-order valence-corrected chi connectivity index (χ4v) is 2.24. The Balaban J connectivity index is 2.38. The number of hydrogen-bond acceptors (Lipinski definition) is 2. The molecule has 2 N–H and O–H groups in total. The van der Waals surface area contributed by atoms with Crippen LogP contribution in [-0.4, -0.2) is 9.55 Å². The minimum absolute atomic E-state index is 0.271. The third-order valence-electron chi connectivity index (χ3n) is 3.08. The Bertz CT molecular complexity index is 717. The molecule has 96 valence electrons. The lowest BCUT2D eigenvalue weighted by Crippen LogP contribution is -2.12. The van der Waals surface area contributed by atoms with E-state index in [9.17, 15) is 4.39 Å². The van der Waals surface area contributed by atoms with Gasteiger partial charge in [0.05, 0.1) is 11.6 Å². The smallest absolute Gasteiger partial charge is 0.151 e. The van der Waals surface area contributed by atoms with Crippen molar-refractivity contribution in [2.75, 3.05) is 0 Å². The first-order chi connectivity index (χ1) is 9.18. The highest BCUT2D eigenvalue weighted by Gasteiger charge is 2.17. The van der Waals surface area contributed by atoms with Crippen molar-refractivity contribution < 1.29 is 4.39 Å². The number of nitrogens with two attached hydrogens (primary N) is 1. The van der Waals surface area contributed by atoms with E-state index in [4.69, 9.17) is 5.73 Å². The van der Waals surface area contributed by atoms with Crippen molar-refractivity contribution in [3.63, 3.8) is 0 Å². The molecule has 1 aromatic heterocycles. The number of nitrogens with zero attached hydrogens (tertiary/aromatic N) is 2. The van der Waals surface area contributed by atoms with Crippen LogP contribution >= 0.6 is 0 Å². The van der Waals surface area contributed by atoms with Crippen LogP contribution < -0.4 is 5.73 Å². The molecular weight excluding hydrogens is 241 g/mol. The van der Waals surface area contributed by atoms with Crippen molar-refractivity contribution >= 4 is 11.0 Å². The first kappa shape index (κ1) is 11.9. The maximum Gasteiger partial charge on any atom is 0.151 e. The molecule has 0 fully saturated rings. The molecule has 0 spiro atoms. The van der Waals surface area contributed by atoms with Gasteiger partial charge in [-0.2, -0.15) is 0 Å². The van der Waals surface area contributed by atoms with Crippen LogP contribution in [0.3, 0.4) is 0 Å². The summed E-state index contributed by atoms with van der Waals surface area (Å²) in [5.41, 5.74) is 7.99. The minimum Gasteiger partial charge on any atom is -0.322 e. The van der Waals surface area contributed by atoms with Gasteiger partial charge in [-0.15, -0.1) is 0 Å². The van der Waals surface area contributed by atoms with E-state index in [1.807, 2.05) is 47.9 Å². The van der Waals surface area contributed by atoms with Crippen molar-refractivity contribution in [3.05, 3.63) is 60.2 Å². The van der Waals surface area contributed by atoms with E-state index >= 15 is 0 Å². The number of hydrogen-bond donors (Lipinski definition) is 1. The monoisotopic (exact) mass is 255 g/mol. The van der Waals surface area contributed by atoms with Crippen molar-refractivity contribution in [3.8, 4) is 5.69 Å². The summed E-state index contributed by atoms with van der Waals surface area (Å²) in [6, 6.07) is 14.4. The van der Waals surface area contributed by atoms with E-state index in [1.165, 1.54) is 6.07 Å². The van der Waals surface area contributed by atoms with Crippen LogP contribution in [0.1, 0.15) is 18.8 Å². The van der Waals surface area contributed by atoms with E-state index in [1.54, 1.807) is 6.07 Å². The number of rotatable bonds is 2. The summed E-state index contributed by atoms with van der Waals surface area (Å²) in [5.74, 6) is 0.334. The second-order valence-electron chi connectivity index (χ2n) is 4.54. The molecule has 0 saturated heterocycles. The Hall–Kier alpha value is -2.20. The largest absolute Gasteiger partial charge is 0.322 e. The summed E-state index contributed by atoms with van der Waals surface area (Å²) in [5, 5.41) is 0. The second kappa shape index (κ2) is 4.48. The highest BCUT2D eigenvalue weighted by molar-refractivity contribution is 5.79. The lowest BCUT2D eigenvalue weighted by Gasteiger charge is -2.11. The Morgan fingerprint density at radius 3 is 2.53 bits per heavy atom. The van der Waals surface area contributed by atoms with Gasteiger partial charge in [0, 0.05) is 5.69 Å². The average Bonchev–Trinajstić information content (AvgIpc) is 2.81. The molecule has 3 nitrogen and oxygen atoms in total. The molecule has 4 heteroatoms. The third-order valence-corrected chi connectivity index (χ3v) is 3.08. The predicted molar refractivity (Wildman–Crippen MR) is 73.6 cm³/mol. The van der Waals surface area contributed by atoms with Crippen molar-refractivity contribution in [1.82, 2.24) is 9.55 Å². The van der Waals surface area contributed by atoms with Crippen LogP contribution in [0.15, 0.2) is 48.5 Å². The summed E-state index contributed by atoms with van der Waals surface area (Å²) >= 11 is 0. The summed E-state index contributed by atoms with van der Waals surface area (Å²) in [7, 11) is 0. The van der Waals surface area contributed by atoms with Crippen LogP contribution in [0, 0.1) is 5.82 Å². The van der Waals surface area contributed by atoms with Crippen LogP contribution in [0.4, 0.5) is 4.39 Å².